The molecule has 0 unspecified atom stereocenters. The van der Waals surface area contributed by atoms with Crippen LogP contribution in [0.25, 0.3) is 0 Å². The van der Waals surface area contributed by atoms with Gasteiger partial charge in [-0.05, 0) is 63.0 Å². The van der Waals surface area contributed by atoms with Gasteiger partial charge in [-0.1, -0.05) is 30.7 Å². The van der Waals surface area contributed by atoms with E-state index >= 15 is 0 Å². The molecule has 0 bridgehead atoms. The lowest BCUT2D eigenvalue weighted by atomic mass is 9.78. The average Bonchev–Trinajstić information content (AvgIpc) is 3.09. The van der Waals surface area contributed by atoms with Crippen molar-refractivity contribution >= 4 is 22.0 Å². The van der Waals surface area contributed by atoms with Gasteiger partial charge in [0.1, 0.15) is 0 Å². The highest BCUT2D eigenvalue weighted by Crippen LogP contribution is 2.74. The summed E-state index contributed by atoms with van der Waals surface area (Å²) in [6, 6.07) is 6.67. The molecule has 0 radical (unpaired) electrons. The van der Waals surface area contributed by atoms with Crippen molar-refractivity contribution in [1.82, 2.24) is 4.31 Å². The number of nitrogens with zero attached hydrogens (tertiary/aromatic N) is 1. The third-order valence-corrected chi connectivity index (χ3v) is 8.58. The second kappa shape index (κ2) is 8.30. The van der Waals surface area contributed by atoms with E-state index in [1.165, 1.54) is 17.6 Å². The summed E-state index contributed by atoms with van der Waals surface area (Å²) in [5.41, 5.74) is -0.788. The Labute approximate surface area is 184 Å². The van der Waals surface area contributed by atoms with E-state index in [9.17, 15) is 18.0 Å². The molecule has 0 N–H and O–H groups in total. The molecule has 1 aromatic carbocycles. The van der Waals surface area contributed by atoms with Crippen LogP contribution in [0.3, 0.4) is 0 Å². The summed E-state index contributed by atoms with van der Waals surface area (Å²) in [6.45, 7) is 7.73. The van der Waals surface area contributed by atoms with Crippen molar-refractivity contribution in [3.8, 4) is 0 Å². The van der Waals surface area contributed by atoms with Crippen molar-refractivity contribution in [2.75, 3.05) is 20.3 Å². The molecular weight excluding hydrogens is 418 g/mol. The number of rotatable bonds is 8. The minimum Gasteiger partial charge on any atom is -0.465 e. The molecule has 2 aliphatic carbocycles. The highest BCUT2D eigenvalue weighted by Gasteiger charge is 2.74. The van der Waals surface area contributed by atoms with Crippen LogP contribution in [0.1, 0.15) is 39.2 Å². The molecule has 3 atom stereocenters. The summed E-state index contributed by atoms with van der Waals surface area (Å²) in [5.74, 6) is -0.785. The van der Waals surface area contributed by atoms with Crippen molar-refractivity contribution in [2.45, 2.75) is 45.4 Å². The number of benzene rings is 1. The van der Waals surface area contributed by atoms with E-state index in [4.69, 9.17) is 9.47 Å². The van der Waals surface area contributed by atoms with Crippen molar-refractivity contribution < 1.29 is 27.5 Å². The highest BCUT2D eigenvalue weighted by molar-refractivity contribution is 7.89. The molecule has 0 aliphatic heterocycles. The van der Waals surface area contributed by atoms with Crippen LogP contribution in [0.15, 0.2) is 41.4 Å². The number of aryl methyl sites for hydroxylation is 1. The standard InChI is InChI=1S/C23H31NO6S/c1-6-29-20(25)23(21(26)30-7-2)14-19-17(4)22(19,15-23)12-13-24(5)31(27,28)18-10-8-16(3)9-11-18/h8-13,17,19H,6-7,14-15H2,1-5H3/b13-12+/t17-,19-,22+/m1/s1. The SMILES string of the molecule is CCOC(=O)C1(C(=O)OCC)C[C@@H]2[C@@H](C)[C@]2(/C=C/N(C)S(=O)(=O)c2ccc(C)cc2)C1. The number of sulfonamides is 1. The van der Waals surface area contributed by atoms with Gasteiger partial charge in [-0.15, -0.1) is 0 Å². The molecule has 1 aromatic rings. The molecule has 0 spiro atoms. The molecule has 3 rings (SSSR count). The summed E-state index contributed by atoms with van der Waals surface area (Å²) in [4.78, 5) is 25.7. The monoisotopic (exact) mass is 449 g/mol. The number of hydrogen-bond acceptors (Lipinski definition) is 6. The first kappa shape index (κ1) is 23.3. The Morgan fingerprint density at radius 2 is 1.68 bits per heavy atom. The minimum absolute atomic E-state index is 0.0908. The number of hydrogen-bond donors (Lipinski definition) is 0. The van der Waals surface area contributed by atoms with Gasteiger partial charge in [0.15, 0.2) is 5.41 Å². The fourth-order valence-electron chi connectivity index (χ4n) is 4.85. The number of carbonyl (C=O) groups is 2. The maximum Gasteiger partial charge on any atom is 0.323 e. The lowest BCUT2D eigenvalue weighted by molar-refractivity contribution is -0.173. The van der Waals surface area contributed by atoms with Gasteiger partial charge in [-0.3, -0.25) is 13.9 Å². The molecule has 31 heavy (non-hydrogen) atoms. The quantitative estimate of drug-likeness (QED) is 0.447. The molecule has 0 amide bonds. The fraction of sp³-hybridized carbons (Fsp3) is 0.565. The molecule has 7 nitrogen and oxygen atoms in total. The summed E-state index contributed by atoms with van der Waals surface area (Å²) >= 11 is 0. The first-order valence-corrected chi connectivity index (χ1v) is 12.1. The number of fused-ring (bicyclic) bond motifs is 1. The zero-order valence-electron chi connectivity index (χ0n) is 18.8. The second-order valence-corrected chi connectivity index (χ2v) is 10.6. The van der Waals surface area contributed by atoms with Gasteiger partial charge in [0, 0.05) is 13.2 Å². The fourth-order valence-corrected chi connectivity index (χ4v) is 5.88. The van der Waals surface area contributed by atoms with E-state index in [1.807, 2.05) is 13.0 Å². The van der Waals surface area contributed by atoms with Crippen LogP contribution in [-0.4, -0.2) is 44.9 Å². The zero-order chi connectivity index (χ0) is 23.0. The van der Waals surface area contributed by atoms with Gasteiger partial charge in [0.25, 0.3) is 10.0 Å². The molecule has 0 aromatic heterocycles. The van der Waals surface area contributed by atoms with Crippen LogP contribution in [-0.2, 0) is 29.1 Å². The number of carbonyl (C=O) groups excluding carboxylic acids is 2. The van der Waals surface area contributed by atoms with Crippen LogP contribution in [0.2, 0.25) is 0 Å². The maximum absolute atomic E-state index is 12.9. The van der Waals surface area contributed by atoms with Crippen LogP contribution in [0.5, 0.6) is 0 Å². The second-order valence-electron chi connectivity index (χ2n) is 8.56. The topological polar surface area (TPSA) is 90.0 Å². The van der Waals surface area contributed by atoms with Gasteiger partial charge in [-0.25, -0.2) is 8.42 Å². The third kappa shape index (κ3) is 3.86. The number of esters is 2. The van der Waals surface area contributed by atoms with E-state index in [0.29, 0.717) is 6.42 Å². The Bertz CT molecular complexity index is 966. The Kier molecular flexibility index (Phi) is 6.24. The minimum atomic E-state index is -3.69. The average molecular weight is 450 g/mol. The zero-order valence-corrected chi connectivity index (χ0v) is 19.6. The van der Waals surface area contributed by atoms with E-state index < -0.39 is 32.8 Å². The van der Waals surface area contributed by atoms with Crippen molar-refractivity contribution in [3.63, 3.8) is 0 Å². The first-order chi connectivity index (χ1) is 14.5. The van der Waals surface area contributed by atoms with Gasteiger partial charge in [-0.2, -0.15) is 0 Å². The van der Waals surface area contributed by atoms with Gasteiger partial charge in [0.05, 0.1) is 18.1 Å². The Morgan fingerprint density at radius 1 is 1.13 bits per heavy atom. The Balaban J connectivity index is 1.85. The number of allylic oxidation sites excluding steroid dienone is 1. The molecule has 8 heteroatoms. The largest absolute Gasteiger partial charge is 0.465 e. The van der Waals surface area contributed by atoms with Gasteiger partial charge < -0.3 is 9.47 Å². The summed E-state index contributed by atoms with van der Waals surface area (Å²) < 4.78 is 37.4. The van der Waals surface area contributed by atoms with E-state index in [-0.39, 0.29) is 36.4 Å². The van der Waals surface area contributed by atoms with E-state index in [0.717, 1.165) is 5.56 Å². The predicted molar refractivity (Wildman–Crippen MR) is 115 cm³/mol. The third-order valence-electron chi connectivity index (χ3n) is 6.83. The van der Waals surface area contributed by atoms with Crippen LogP contribution < -0.4 is 0 Å². The normalized spacial score (nSPS) is 26.4. The highest BCUT2D eigenvalue weighted by atomic mass is 32.2. The van der Waals surface area contributed by atoms with Gasteiger partial charge in [0.2, 0.25) is 0 Å². The number of ether oxygens (including phenoxy) is 2. The van der Waals surface area contributed by atoms with E-state index in [1.54, 1.807) is 38.1 Å². The molecule has 170 valence electrons. The van der Waals surface area contributed by atoms with Crippen LogP contribution in [0.4, 0.5) is 0 Å². The predicted octanol–water partition coefficient (Wildman–Crippen LogP) is 3.29. The smallest absolute Gasteiger partial charge is 0.323 e. The van der Waals surface area contributed by atoms with Crippen LogP contribution in [0, 0.1) is 29.6 Å². The molecule has 0 saturated heterocycles. The Hall–Kier alpha value is -2.35. The van der Waals surface area contributed by atoms with Crippen LogP contribution >= 0.6 is 0 Å². The van der Waals surface area contributed by atoms with Crippen molar-refractivity contribution in [2.24, 2.45) is 22.7 Å². The lowest BCUT2D eigenvalue weighted by Crippen LogP contribution is -2.42. The first-order valence-electron chi connectivity index (χ1n) is 10.6. The van der Waals surface area contributed by atoms with Crippen molar-refractivity contribution in [3.05, 3.63) is 42.1 Å². The summed E-state index contributed by atoms with van der Waals surface area (Å²) in [5, 5.41) is 0. The molecule has 2 fully saturated rings. The van der Waals surface area contributed by atoms with Gasteiger partial charge >= 0.3 is 11.9 Å². The Morgan fingerprint density at radius 3 is 2.19 bits per heavy atom. The maximum atomic E-state index is 12.9. The van der Waals surface area contributed by atoms with Crippen molar-refractivity contribution in [1.29, 1.82) is 0 Å². The summed E-state index contributed by atoms with van der Waals surface area (Å²) in [7, 11) is -2.20. The lowest BCUT2D eigenvalue weighted by Gasteiger charge is -2.28. The molecule has 2 aliphatic rings. The molecular formula is C23H31NO6S. The molecule has 0 heterocycles. The molecule has 2 saturated carbocycles. The summed E-state index contributed by atoms with van der Waals surface area (Å²) in [6.07, 6.45) is 4.00. The van der Waals surface area contributed by atoms with E-state index in [2.05, 4.69) is 6.92 Å².